The highest BCUT2D eigenvalue weighted by atomic mass is 16.5. The Morgan fingerprint density at radius 2 is 1.32 bits per heavy atom. The number of rotatable bonds is 12. The quantitative estimate of drug-likeness (QED) is 0.346. The summed E-state index contributed by atoms with van der Waals surface area (Å²) in [7, 11) is 1.76. The van der Waals surface area contributed by atoms with E-state index in [0.29, 0.717) is 0 Å². The van der Waals surface area contributed by atoms with Crippen LogP contribution in [0.25, 0.3) is 11.1 Å². The van der Waals surface area contributed by atoms with Crippen molar-refractivity contribution in [2.24, 2.45) is 0 Å². The largest absolute Gasteiger partial charge is 0.494 e. The smallest absolute Gasteiger partial charge is 0.119 e. The Balaban J connectivity index is 1.71. The monoisotopic (exact) mass is 338 g/mol. The lowest BCUT2D eigenvalue weighted by Gasteiger charge is -2.08. The summed E-state index contributed by atoms with van der Waals surface area (Å²) in [6.07, 6.45) is 8.84. The van der Waals surface area contributed by atoms with Crippen molar-refractivity contribution in [3.05, 3.63) is 66.7 Å². The molecule has 0 atom stereocenters. The maximum Gasteiger partial charge on any atom is 0.119 e. The number of hydrogen-bond donors (Lipinski definition) is 0. The Hall–Kier alpha value is -2.06. The van der Waals surface area contributed by atoms with E-state index in [2.05, 4.69) is 55.1 Å². The first-order valence-corrected chi connectivity index (χ1v) is 9.25. The molecule has 0 aliphatic heterocycles. The first-order chi connectivity index (χ1) is 12.3. The molecule has 0 aromatic heterocycles. The Morgan fingerprint density at radius 1 is 0.760 bits per heavy atom. The molecule has 2 aromatic carbocycles. The third-order valence-corrected chi connectivity index (χ3v) is 4.28. The Kier molecular flexibility index (Phi) is 8.85. The number of unbranched alkanes of at least 4 members (excludes halogenated alkanes) is 4. The lowest BCUT2D eigenvalue weighted by Crippen LogP contribution is -1.97. The molecular formula is C23H30O2. The second kappa shape index (κ2) is 11.5. The van der Waals surface area contributed by atoms with Gasteiger partial charge in [-0.3, -0.25) is 0 Å². The van der Waals surface area contributed by atoms with Gasteiger partial charge >= 0.3 is 0 Å². The van der Waals surface area contributed by atoms with E-state index in [4.69, 9.17) is 9.47 Å². The molecule has 0 heterocycles. The summed E-state index contributed by atoms with van der Waals surface area (Å²) in [5.74, 6) is 0.950. The Bertz CT molecular complexity index is 599. The van der Waals surface area contributed by atoms with Gasteiger partial charge in [-0.2, -0.15) is 0 Å². The summed E-state index contributed by atoms with van der Waals surface area (Å²) in [6.45, 7) is 5.45. The number of hydrogen-bond acceptors (Lipinski definition) is 2. The normalized spacial score (nSPS) is 10.6. The zero-order chi connectivity index (χ0) is 17.7. The molecule has 0 radical (unpaired) electrons. The van der Waals surface area contributed by atoms with Gasteiger partial charge in [0, 0.05) is 13.7 Å². The van der Waals surface area contributed by atoms with Crippen LogP contribution in [0.4, 0.5) is 0 Å². The molecule has 0 saturated carbocycles. The topological polar surface area (TPSA) is 18.5 Å². The third kappa shape index (κ3) is 7.15. The van der Waals surface area contributed by atoms with Crippen LogP contribution >= 0.6 is 0 Å². The van der Waals surface area contributed by atoms with E-state index in [-0.39, 0.29) is 0 Å². The first kappa shape index (κ1) is 19.3. The van der Waals surface area contributed by atoms with Crippen molar-refractivity contribution in [1.29, 1.82) is 0 Å². The van der Waals surface area contributed by atoms with Crippen molar-refractivity contribution in [2.45, 2.75) is 38.5 Å². The van der Waals surface area contributed by atoms with E-state index in [1.54, 1.807) is 7.11 Å². The minimum Gasteiger partial charge on any atom is -0.494 e. The molecule has 0 bridgehead atoms. The van der Waals surface area contributed by atoms with Gasteiger partial charge in [0.25, 0.3) is 0 Å². The minimum atomic E-state index is 0.792. The average Bonchev–Trinajstić information content (AvgIpc) is 2.65. The van der Waals surface area contributed by atoms with Gasteiger partial charge < -0.3 is 9.47 Å². The van der Waals surface area contributed by atoms with Crippen LogP contribution in [0.5, 0.6) is 5.75 Å². The number of methoxy groups -OCH3 is 1. The summed E-state index contributed by atoms with van der Waals surface area (Å²) in [5, 5.41) is 0. The molecule has 0 unspecified atom stereocenters. The molecule has 0 aliphatic carbocycles. The van der Waals surface area contributed by atoms with Gasteiger partial charge in [-0.25, -0.2) is 0 Å². The standard InChI is InChI=1S/C23H30O2/c1-3-9-20-10-12-21(13-11-20)22-14-16-23(17-15-22)25-19-8-6-4-5-7-18-24-2/h3,10-17H,1,4-9,18-19H2,2H3. The summed E-state index contributed by atoms with van der Waals surface area (Å²) in [6, 6.07) is 17.0. The second-order valence-corrected chi connectivity index (χ2v) is 6.32. The highest BCUT2D eigenvalue weighted by Gasteiger charge is 2.00. The van der Waals surface area contributed by atoms with Gasteiger partial charge in [0.05, 0.1) is 6.61 Å². The highest BCUT2D eigenvalue weighted by molar-refractivity contribution is 5.64. The molecule has 0 spiro atoms. The fraction of sp³-hybridized carbons (Fsp3) is 0.391. The fourth-order valence-corrected chi connectivity index (χ4v) is 2.81. The van der Waals surface area contributed by atoms with Crippen molar-refractivity contribution < 1.29 is 9.47 Å². The third-order valence-electron chi connectivity index (χ3n) is 4.28. The average molecular weight is 338 g/mol. The van der Waals surface area contributed by atoms with Gasteiger partial charge in [0.2, 0.25) is 0 Å². The summed E-state index contributed by atoms with van der Waals surface area (Å²) in [4.78, 5) is 0. The minimum absolute atomic E-state index is 0.792. The van der Waals surface area contributed by atoms with Crippen LogP contribution in [0.2, 0.25) is 0 Å². The number of benzene rings is 2. The SMILES string of the molecule is C=CCc1ccc(-c2ccc(OCCCCCCCOC)cc2)cc1. The zero-order valence-corrected chi connectivity index (χ0v) is 15.4. The van der Waals surface area contributed by atoms with E-state index < -0.39 is 0 Å². The first-order valence-electron chi connectivity index (χ1n) is 9.25. The van der Waals surface area contributed by atoms with E-state index in [0.717, 1.165) is 38.2 Å². The summed E-state index contributed by atoms with van der Waals surface area (Å²) >= 11 is 0. The van der Waals surface area contributed by atoms with Gasteiger partial charge in [-0.1, -0.05) is 61.7 Å². The molecule has 0 saturated heterocycles. The van der Waals surface area contributed by atoms with Crippen LogP contribution in [-0.2, 0) is 11.2 Å². The van der Waals surface area contributed by atoms with Crippen LogP contribution in [0.15, 0.2) is 61.2 Å². The molecule has 2 rings (SSSR count). The Labute approximate surface area is 152 Å². The van der Waals surface area contributed by atoms with Crippen LogP contribution in [-0.4, -0.2) is 20.3 Å². The molecule has 0 aliphatic rings. The highest BCUT2D eigenvalue weighted by Crippen LogP contribution is 2.23. The van der Waals surface area contributed by atoms with E-state index in [9.17, 15) is 0 Å². The molecule has 2 heteroatoms. The van der Waals surface area contributed by atoms with Crippen molar-refractivity contribution in [3.8, 4) is 16.9 Å². The number of allylic oxidation sites excluding steroid dienone is 1. The molecule has 2 nitrogen and oxygen atoms in total. The van der Waals surface area contributed by atoms with Crippen molar-refractivity contribution in [3.63, 3.8) is 0 Å². The van der Waals surface area contributed by atoms with Crippen LogP contribution < -0.4 is 4.74 Å². The van der Waals surface area contributed by atoms with Gasteiger partial charge in [0.1, 0.15) is 5.75 Å². The maximum absolute atomic E-state index is 5.84. The fourth-order valence-electron chi connectivity index (χ4n) is 2.81. The molecule has 0 fully saturated rings. The van der Waals surface area contributed by atoms with Gasteiger partial charge in [-0.15, -0.1) is 6.58 Å². The van der Waals surface area contributed by atoms with Crippen molar-refractivity contribution in [2.75, 3.05) is 20.3 Å². The molecule has 2 aromatic rings. The van der Waals surface area contributed by atoms with Crippen molar-refractivity contribution >= 4 is 0 Å². The maximum atomic E-state index is 5.84. The zero-order valence-electron chi connectivity index (χ0n) is 15.4. The van der Waals surface area contributed by atoms with Gasteiger partial charge in [-0.05, 0) is 48.1 Å². The second-order valence-electron chi connectivity index (χ2n) is 6.32. The summed E-state index contributed by atoms with van der Waals surface area (Å²) in [5.41, 5.74) is 3.74. The predicted octanol–water partition coefficient (Wildman–Crippen LogP) is 6.06. The molecule has 25 heavy (non-hydrogen) atoms. The molecular weight excluding hydrogens is 308 g/mol. The Morgan fingerprint density at radius 3 is 1.92 bits per heavy atom. The van der Waals surface area contributed by atoms with Crippen molar-refractivity contribution in [1.82, 2.24) is 0 Å². The van der Waals surface area contributed by atoms with Crippen LogP contribution in [0, 0.1) is 0 Å². The predicted molar refractivity (Wildman–Crippen MR) is 106 cm³/mol. The van der Waals surface area contributed by atoms with E-state index >= 15 is 0 Å². The van der Waals surface area contributed by atoms with E-state index in [1.807, 2.05) is 6.08 Å². The molecule has 0 N–H and O–H groups in total. The number of ether oxygens (including phenoxy) is 2. The molecule has 0 amide bonds. The van der Waals surface area contributed by atoms with Crippen LogP contribution in [0.3, 0.4) is 0 Å². The summed E-state index contributed by atoms with van der Waals surface area (Å²) < 4.78 is 10.9. The van der Waals surface area contributed by atoms with Gasteiger partial charge in [0.15, 0.2) is 0 Å². The van der Waals surface area contributed by atoms with E-state index in [1.165, 1.54) is 36.0 Å². The lowest BCUT2D eigenvalue weighted by molar-refractivity contribution is 0.191. The van der Waals surface area contributed by atoms with Crippen LogP contribution in [0.1, 0.15) is 37.7 Å². The molecule has 134 valence electrons. The lowest BCUT2D eigenvalue weighted by atomic mass is 10.0.